The largest absolute Gasteiger partial charge is 0.143 e. The summed E-state index contributed by atoms with van der Waals surface area (Å²) in [6.07, 6.45) is 0. The minimum Gasteiger partial charge on any atom is -0.143 e. The molecule has 0 aliphatic carbocycles. The zero-order chi connectivity index (χ0) is 11.8. The highest BCUT2D eigenvalue weighted by atomic mass is 127. The molecular formula is C12H6I2S3. The summed E-state index contributed by atoms with van der Waals surface area (Å²) < 4.78 is 2.74. The van der Waals surface area contributed by atoms with Crippen molar-refractivity contribution in [2.75, 3.05) is 0 Å². The summed E-state index contributed by atoms with van der Waals surface area (Å²) in [6, 6.07) is 8.76. The summed E-state index contributed by atoms with van der Waals surface area (Å²) in [6.45, 7) is 0. The van der Waals surface area contributed by atoms with Gasteiger partial charge in [-0.25, -0.2) is 0 Å². The van der Waals surface area contributed by atoms with Crippen molar-refractivity contribution in [2.45, 2.75) is 0 Å². The summed E-state index contributed by atoms with van der Waals surface area (Å²) in [7, 11) is 0. The molecule has 0 N–H and O–H groups in total. The third kappa shape index (κ3) is 2.49. The lowest BCUT2D eigenvalue weighted by molar-refractivity contribution is 1.76. The predicted octanol–water partition coefficient (Wildman–Crippen LogP) is 6.41. The van der Waals surface area contributed by atoms with Crippen LogP contribution in [0.1, 0.15) is 0 Å². The number of rotatable bonds is 2. The third-order valence-corrected chi connectivity index (χ3v) is 9.39. The second-order valence-electron chi connectivity index (χ2n) is 3.37. The first-order valence-electron chi connectivity index (χ1n) is 4.82. The number of hydrogen-bond donors (Lipinski definition) is 0. The van der Waals surface area contributed by atoms with Crippen LogP contribution in [-0.4, -0.2) is 0 Å². The summed E-state index contributed by atoms with van der Waals surface area (Å²) >= 11 is 10.4. The molecule has 0 aromatic carbocycles. The zero-order valence-electron chi connectivity index (χ0n) is 8.44. The summed E-state index contributed by atoms with van der Waals surface area (Å²) in [5.41, 5.74) is 0. The Morgan fingerprint density at radius 3 is 2.35 bits per heavy atom. The Bertz CT molecular complexity index is 635. The van der Waals surface area contributed by atoms with Crippen LogP contribution >= 0.6 is 79.2 Å². The van der Waals surface area contributed by atoms with Crippen LogP contribution in [0.3, 0.4) is 0 Å². The molecule has 3 aromatic rings. The molecule has 0 fully saturated rings. The molecule has 0 radical (unpaired) electrons. The fourth-order valence-corrected chi connectivity index (χ4v) is 6.35. The Balaban J connectivity index is 2.04. The second-order valence-corrected chi connectivity index (χ2v) is 8.52. The van der Waals surface area contributed by atoms with Crippen molar-refractivity contribution in [1.29, 1.82) is 0 Å². The predicted molar refractivity (Wildman–Crippen MR) is 96.4 cm³/mol. The van der Waals surface area contributed by atoms with Crippen molar-refractivity contribution in [3.63, 3.8) is 0 Å². The van der Waals surface area contributed by atoms with E-state index >= 15 is 0 Å². The summed E-state index contributed by atoms with van der Waals surface area (Å²) in [5, 5.41) is 4.36. The fraction of sp³-hybridized carbons (Fsp3) is 0. The van der Waals surface area contributed by atoms with Gasteiger partial charge in [0.05, 0.1) is 4.88 Å². The molecule has 86 valence electrons. The average Bonchev–Trinajstić information content (AvgIpc) is 3.01. The Hall–Kier alpha value is 0.560. The van der Waals surface area contributed by atoms with Crippen molar-refractivity contribution >= 4 is 79.2 Å². The molecule has 3 aromatic heterocycles. The minimum atomic E-state index is 1.36. The SMILES string of the molecule is Ic1csc(-c2ccc(-c3cccs3)s2)c1I. The van der Waals surface area contributed by atoms with Gasteiger partial charge in [0, 0.05) is 27.2 Å². The molecule has 3 rings (SSSR count). The van der Waals surface area contributed by atoms with E-state index in [-0.39, 0.29) is 0 Å². The molecule has 17 heavy (non-hydrogen) atoms. The summed E-state index contributed by atoms with van der Waals surface area (Å²) in [4.78, 5) is 5.52. The summed E-state index contributed by atoms with van der Waals surface area (Å²) in [5.74, 6) is 0. The van der Waals surface area contributed by atoms with Crippen LogP contribution in [0.25, 0.3) is 19.5 Å². The van der Waals surface area contributed by atoms with Gasteiger partial charge in [0.2, 0.25) is 0 Å². The number of halogens is 2. The van der Waals surface area contributed by atoms with Gasteiger partial charge in [0.15, 0.2) is 0 Å². The Kier molecular flexibility index (Phi) is 3.91. The Labute approximate surface area is 139 Å². The standard InChI is InChI=1S/C12H6I2S3/c13-7-6-16-12(11(7)14)10-4-3-9(17-10)8-2-1-5-15-8/h1-6H. The van der Waals surface area contributed by atoms with Gasteiger partial charge in [-0.2, -0.15) is 0 Å². The van der Waals surface area contributed by atoms with E-state index in [9.17, 15) is 0 Å². The van der Waals surface area contributed by atoms with E-state index in [1.165, 1.54) is 26.6 Å². The molecule has 0 amide bonds. The number of hydrogen-bond acceptors (Lipinski definition) is 3. The topological polar surface area (TPSA) is 0 Å². The van der Waals surface area contributed by atoms with E-state index in [2.05, 4.69) is 80.2 Å². The first-order chi connectivity index (χ1) is 8.25. The van der Waals surface area contributed by atoms with Gasteiger partial charge in [-0.15, -0.1) is 34.0 Å². The molecular weight excluding hydrogens is 494 g/mol. The Morgan fingerprint density at radius 1 is 0.882 bits per heavy atom. The van der Waals surface area contributed by atoms with E-state index < -0.39 is 0 Å². The number of thiophene rings is 3. The van der Waals surface area contributed by atoms with Crippen molar-refractivity contribution in [3.8, 4) is 19.5 Å². The normalized spacial score (nSPS) is 10.9. The molecule has 0 saturated carbocycles. The Morgan fingerprint density at radius 2 is 1.71 bits per heavy atom. The van der Waals surface area contributed by atoms with Crippen molar-refractivity contribution in [2.24, 2.45) is 0 Å². The lowest BCUT2D eigenvalue weighted by Crippen LogP contribution is -1.71. The van der Waals surface area contributed by atoms with Crippen LogP contribution < -0.4 is 0 Å². The maximum Gasteiger partial charge on any atom is 0.0587 e. The van der Waals surface area contributed by atoms with E-state index in [4.69, 9.17) is 0 Å². The first-order valence-corrected chi connectivity index (χ1v) is 9.55. The van der Waals surface area contributed by atoms with Crippen LogP contribution in [0.5, 0.6) is 0 Å². The smallest absolute Gasteiger partial charge is 0.0587 e. The highest BCUT2D eigenvalue weighted by molar-refractivity contribution is 14.1. The first kappa shape index (κ1) is 12.6. The quantitative estimate of drug-likeness (QED) is 0.357. The van der Waals surface area contributed by atoms with Crippen LogP contribution in [0.15, 0.2) is 35.0 Å². The van der Waals surface area contributed by atoms with Gasteiger partial charge >= 0.3 is 0 Å². The van der Waals surface area contributed by atoms with Gasteiger partial charge in [0.1, 0.15) is 0 Å². The van der Waals surface area contributed by atoms with E-state index in [1.807, 2.05) is 22.7 Å². The average molecular weight is 500 g/mol. The molecule has 0 aliphatic rings. The molecule has 0 unspecified atom stereocenters. The van der Waals surface area contributed by atoms with Gasteiger partial charge in [-0.3, -0.25) is 0 Å². The van der Waals surface area contributed by atoms with E-state index in [1.54, 1.807) is 11.3 Å². The van der Waals surface area contributed by atoms with Gasteiger partial charge < -0.3 is 0 Å². The maximum atomic E-state index is 2.44. The monoisotopic (exact) mass is 500 g/mol. The zero-order valence-corrected chi connectivity index (χ0v) is 15.2. The molecule has 0 nitrogen and oxygen atoms in total. The molecule has 0 atom stereocenters. The van der Waals surface area contributed by atoms with Gasteiger partial charge in [-0.1, -0.05) is 6.07 Å². The van der Waals surface area contributed by atoms with Crippen LogP contribution in [0.4, 0.5) is 0 Å². The molecule has 0 bridgehead atoms. The third-order valence-electron chi connectivity index (χ3n) is 2.28. The maximum absolute atomic E-state index is 2.44. The highest BCUT2D eigenvalue weighted by Gasteiger charge is 2.12. The second kappa shape index (κ2) is 5.28. The van der Waals surface area contributed by atoms with Crippen LogP contribution in [0.2, 0.25) is 0 Å². The van der Waals surface area contributed by atoms with Gasteiger partial charge in [0.25, 0.3) is 0 Å². The lowest BCUT2D eigenvalue weighted by atomic mass is 10.3. The fourth-order valence-electron chi connectivity index (χ4n) is 1.50. The van der Waals surface area contributed by atoms with Crippen molar-refractivity contribution in [3.05, 3.63) is 42.2 Å². The molecule has 0 spiro atoms. The van der Waals surface area contributed by atoms with E-state index in [0.29, 0.717) is 0 Å². The molecule has 0 saturated heterocycles. The van der Waals surface area contributed by atoms with Gasteiger partial charge in [-0.05, 0) is 68.8 Å². The molecule has 0 aliphatic heterocycles. The van der Waals surface area contributed by atoms with E-state index in [0.717, 1.165) is 0 Å². The highest BCUT2D eigenvalue weighted by Crippen LogP contribution is 2.41. The van der Waals surface area contributed by atoms with Crippen LogP contribution in [-0.2, 0) is 0 Å². The van der Waals surface area contributed by atoms with Crippen molar-refractivity contribution < 1.29 is 0 Å². The lowest BCUT2D eigenvalue weighted by Gasteiger charge is -1.93. The van der Waals surface area contributed by atoms with Crippen molar-refractivity contribution in [1.82, 2.24) is 0 Å². The van der Waals surface area contributed by atoms with Crippen LogP contribution in [0, 0.1) is 7.14 Å². The molecule has 5 heteroatoms. The molecule has 3 heterocycles. The minimum absolute atomic E-state index is 1.36.